The van der Waals surface area contributed by atoms with Gasteiger partial charge in [-0.05, 0) is 99.7 Å². The van der Waals surface area contributed by atoms with Crippen LogP contribution in [-0.2, 0) is 9.53 Å². The molecule has 5 fully saturated rings. The van der Waals surface area contributed by atoms with Crippen LogP contribution in [-0.4, -0.2) is 121 Å². The van der Waals surface area contributed by atoms with Crippen molar-refractivity contribution >= 4 is 39.5 Å². The Labute approximate surface area is 329 Å². The molecule has 2 spiro atoms. The first-order valence-corrected chi connectivity index (χ1v) is 20.2. The Morgan fingerprint density at radius 3 is 2.33 bits per heavy atom. The number of nitrogens with zero attached hydrogens (tertiary/aromatic N) is 7. The van der Waals surface area contributed by atoms with Gasteiger partial charge in [0.05, 0.1) is 11.7 Å². The van der Waals surface area contributed by atoms with Crippen molar-refractivity contribution in [1.82, 2.24) is 30.0 Å². The van der Waals surface area contributed by atoms with E-state index in [0.717, 1.165) is 112 Å². The summed E-state index contributed by atoms with van der Waals surface area (Å²) in [6.07, 6.45) is 3.62. The molecule has 9 rings (SSSR count). The maximum Gasteiger partial charge on any atom is 0.422 e. The third kappa shape index (κ3) is 7.19. The van der Waals surface area contributed by atoms with Gasteiger partial charge in [0.1, 0.15) is 11.3 Å². The highest BCUT2D eigenvalue weighted by Crippen LogP contribution is 2.54. The van der Waals surface area contributed by atoms with E-state index >= 15 is 0 Å². The number of hydrogen-bond donors (Lipinski definition) is 1. The van der Waals surface area contributed by atoms with Crippen molar-refractivity contribution < 1.29 is 31.8 Å². The summed E-state index contributed by atoms with van der Waals surface area (Å²) in [5, 5.41) is 8.82. The first-order chi connectivity index (χ1) is 27.3. The zero-order chi connectivity index (χ0) is 39.7. The summed E-state index contributed by atoms with van der Waals surface area (Å²) in [7, 11) is 1.73. The van der Waals surface area contributed by atoms with Gasteiger partial charge in [0, 0.05) is 86.7 Å². The number of carbonyl (C=O) groups is 1. The van der Waals surface area contributed by atoms with Crippen molar-refractivity contribution in [3.8, 4) is 16.9 Å². The third-order valence-corrected chi connectivity index (χ3v) is 13.2. The van der Waals surface area contributed by atoms with E-state index in [9.17, 15) is 22.4 Å². The second-order valence-electron chi connectivity index (χ2n) is 17.3. The van der Waals surface area contributed by atoms with Crippen molar-refractivity contribution in [2.75, 3.05) is 89.0 Å². The standard InChI is InChI=1S/C42H50F4N8O3/c1-26-5-8-32-31(20-47-50-32)33(26)34-29(28-6-7-28)19-30-35(36(34)57-25-42(44,45)46)48-39(54-23-40(24-54)9-14-51(15-10-40)13-4-18-56-3)49-37(30)52-16-11-41(12-17-52)21-53(22-41)38(55)27(2)43/h5,8,19-20,28H,2,4,6-7,9-18,21-25H2,1,3H3,(H,47,50). The van der Waals surface area contributed by atoms with Crippen molar-refractivity contribution in [2.45, 2.75) is 64.0 Å². The molecule has 1 amide bonds. The summed E-state index contributed by atoms with van der Waals surface area (Å²) in [5.74, 6) is -0.150. The number of aryl methyl sites for hydroxylation is 1. The summed E-state index contributed by atoms with van der Waals surface area (Å²) in [6, 6.07) is 6.01. The number of anilines is 2. The number of alkyl halides is 3. The minimum Gasteiger partial charge on any atom is -0.481 e. The van der Waals surface area contributed by atoms with Gasteiger partial charge >= 0.3 is 6.18 Å². The second kappa shape index (κ2) is 14.4. The fourth-order valence-electron chi connectivity index (χ4n) is 9.83. The van der Waals surface area contributed by atoms with Crippen LogP contribution < -0.4 is 14.5 Å². The number of hydrogen-bond acceptors (Lipinski definition) is 9. The molecule has 6 heterocycles. The quantitative estimate of drug-likeness (QED) is 0.0965. The van der Waals surface area contributed by atoms with E-state index in [1.54, 1.807) is 13.3 Å². The van der Waals surface area contributed by atoms with Crippen LogP contribution in [0.2, 0.25) is 0 Å². The van der Waals surface area contributed by atoms with Crippen molar-refractivity contribution in [3.05, 3.63) is 47.9 Å². The van der Waals surface area contributed by atoms with Gasteiger partial charge in [0.2, 0.25) is 5.95 Å². The molecular formula is C42H50F4N8O3. The lowest BCUT2D eigenvalue weighted by Crippen LogP contribution is -2.62. The van der Waals surface area contributed by atoms with Crippen molar-refractivity contribution in [3.63, 3.8) is 0 Å². The third-order valence-electron chi connectivity index (χ3n) is 13.2. The zero-order valence-corrected chi connectivity index (χ0v) is 32.7. The fraction of sp³-hybridized carbons (Fsp3) is 0.571. The average molecular weight is 791 g/mol. The monoisotopic (exact) mass is 790 g/mol. The summed E-state index contributed by atoms with van der Waals surface area (Å²) < 4.78 is 67.4. The number of amides is 1. The first-order valence-electron chi connectivity index (χ1n) is 20.2. The summed E-state index contributed by atoms with van der Waals surface area (Å²) in [5.41, 5.74) is 4.44. The van der Waals surface area contributed by atoms with Gasteiger partial charge in [-0.25, -0.2) is 9.37 Å². The Morgan fingerprint density at radius 1 is 0.965 bits per heavy atom. The van der Waals surface area contributed by atoms with Crippen LogP contribution in [0.1, 0.15) is 62.0 Å². The van der Waals surface area contributed by atoms with Gasteiger partial charge in [0.25, 0.3) is 5.91 Å². The largest absolute Gasteiger partial charge is 0.481 e. The lowest BCUT2D eigenvalue weighted by atomic mass is 9.72. The molecule has 2 aromatic heterocycles. The number of rotatable bonds is 11. The summed E-state index contributed by atoms with van der Waals surface area (Å²) in [4.78, 5) is 31.1. The molecule has 57 heavy (non-hydrogen) atoms. The number of ether oxygens (including phenoxy) is 2. The lowest BCUT2D eigenvalue weighted by molar-refractivity contribution is -0.153. The van der Waals surface area contributed by atoms with Crippen molar-refractivity contribution in [1.29, 1.82) is 0 Å². The van der Waals surface area contributed by atoms with E-state index in [2.05, 4.69) is 37.5 Å². The molecule has 0 radical (unpaired) electrons. The van der Waals surface area contributed by atoms with Crippen LogP contribution in [0.25, 0.3) is 32.9 Å². The Hall–Kier alpha value is -4.50. The minimum atomic E-state index is -4.58. The number of fused-ring (bicyclic) bond motifs is 2. The Morgan fingerprint density at radius 2 is 1.67 bits per heavy atom. The van der Waals surface area contributed by atoms with Crippen LogP contribution >= 0.6 is 0 Å². The molecule has 0 bridgehead atoms. The number of benzene rings is 2. The number of piperidine rings is 2. The molecule has 1 N–H and O–H groups in total. The van der Waals surface area contributed by atoms with E-state index in [1.165, 1.54) is 4.90 Å². The first kappa shape index (κ1) is 38.0. The van der Waals surface area contributed by atoms with Crippen molar-refractivity contribution in [2.24, 2.45) is 10.8 Å². The number of likely N-dealkylation sites (tertiary alicyclic amines) is 2. The van der Waals surface area contributed by atoms with E-state index in [-0.39, 0.29) is 22.5 Å². The smallest absolute Gasteiger partial charge is 0.422 e. The minimum absolute atomic E-state index is 0.121. The van der Waals surface area contributed by atoms with Gasteiger partial charge in [-0.1, -0.05) is 12.6 Å². The average Bonchev–Trinajstić information content (AvgIpc) is 3.90. The molecule has 1 aliphatic carbocycles. The van der Waals surface area contributed by atoms with E-state index < -0.39 is 24.5 Å². The number of aromatic nitrogens is 4. The van der Waals surface area contributed by atoms with Gasteiger partial charge in [-0.15, -0.1) is 0 Å². The van der Waals surface area contributed by atoms with E-state index in [4.69, 9.17) is 19.4 Å². The molecule has 15 heteroatoms. The highest BCUT2D eigenvalue weighted by molar-refractivity contribution is 6.06. The molecule has 11 nitrogen and oxygen atoms in total. The summed E-state index contributed by atoms with van der Waals surface area (Å²) >= 11 is 0. The van der Waals surface area contributed by atoms with Crippen LogP contribution in [0.5, 0.6) is 5.75 Å². The molecule has 4 aliphatic heterocycles. The summed E-state index contributed by atoms with van der Waals surface area (Å²) in [6.45, 7) is 11.2. The van der Waals surface area contributed by atoms with E-state index in [1.807, 2.05) is 19.1 Å². The molecular weight excluding hydrogens is 741 g/mol. The molecule has 0 unspecified atom stereocenters. The number of aromatic amines is 1. The fourth-order valence-corrected chi connectivity index (χ4v) is 9.83. The SMILES string of the molecule is C=C(F)C(=O)N1CC2(CCN(c3nc(N4CC5(CCN(CCCOC)CC5)C4)nc4c(OCC(F)(F)F)c(-c5c(C)ccc6[nH]ncc56)c(C5CC5)cc34)CC2)C1. The number of carbonyl (C=O) groups excluding carboxylic acids is 1. The number of methoxy groups -OCH3 is 1. The molecule has 4 aromatic rings. The maximum absolute atomic E-state index is 14.2. The lowest BCUT2D eigenvalue weighted by Gasteiger charge is -2.54. The molecule has 4 saturated heterocycles. The van der Waals surface area contributed by atoms with Gasteiger partial charge in [-0.3, -0.25) is 9.89 Å². The molecule has 1 saturated carbocycles. The van der Waals surface area contributed by atoms with Gasteiger partial charge in [0.15, 0.2) is 18.2 Å². The maximum atomic E-state index is 14.2. The Kier molecular flexibility index (Phi) is 9.61. The number of nitrogens with one attached hydrogen (secondary N) is 1. The van der Waals surface area contributed by atoms with Crippen LogP contribution in [0.3, 0.4) is 0 Å². The van der Waals surface area contributed by atoms with E-state index in [0.29, 0.717) is 54.4 Å². The molecule has 5 aliphatic rings. The molecule has 0 atom stereocenters. The Balaban J connectivity index is 1.13. The van der Waals surface area contributed by atoms with Crippen LogP contribution in [0.15, 0.2) is 36.8 Å². The highest BCUT2D eigenvalue weighted by atomic mass is 19.4. The predicted molar refractivity (Wildman–Crippen MR) is 210 cm³/mol. The van der Waals surface area contributed by atoms with Crippen LogP contribution in [0, 0.1) is 17.8 Å². The normalized spacial score (nSPS) is 20.7. The molecule has 2 aromatic carbocycles. The topological polar surface area (TPSA) is 103 Å². The number of halogens is 4. The number of H-pyrrole nitrogens is 1. The van der Waals surface area contributed by atoms with Crippen LogP contribution in [0.4, 0.5) is 29.3 Å². The molecule has 304 valence electrons. The van der Waals surface area contributed by atoms with Gasteiger partial charge in [-0.2, -0.15) is 23.3 Å². The predicted octanol–water partition coefficient (Wildman–Crippen LogP) is 7.15. The Bertz CT molecular complexity index is 2190. The van der Waals surface area contributed by atoms with Gasteiger partial charge < -0.3 is 29.1 Å². The highest BCUT2D eigenvalue weighted by Gasteiger charge is 2.49. The second-order valence-corrected chi connectivity index (χ2v) is 17.3. The zero-order valence-electron chi connectivity index (χ0n) is 32.7.